The summed E-state index contributed by atoms with van der Waals surface area (Å²) >= 11 is 0. The van der Waals surface area contributed by atoms with Crippen LogP contribution in [0.25, 0.3) is 0 Å². The number of hydrogen-bond donors (Lipinski definition) is 2. The van der Waals surface area contributed by atoms with Crippen LogP contribution in [0.4, 0.5) is 5.69 Å². The Hall–Kier alpha value is -1.26. The highest BCUT2D eigenvalue weighted by Gasteiger charge is 2.19. The SMILES string of the molecule is Nc1cccc(OCCCN2CCCCCC2CO)c1. The maximum Gasteiger partial charge on any atom is 0.121 e. The van der Waals surface area contributed by atoms with Gasteiger partial charge in [0.25, 0.3) is 0 Å². The lowest BCUT2D eigenvalue weighted by Crippen LogP contribution is -2.38. The molecule has 0 amide bonds. The number of hydrogen-bond acceptors (Lipinski definition) is 4. The highest BCUT2D eigenvalue weighted by atomic mass is 16.5. The molecule has 0 bridgehead atoms. The summed E-state index contributed by atoms with van der Waals surface area (Å²) in [6, 6.07) is 7.88. The van der Waals surface area contributed by atoms with Crippen LogP contribution in [0.1, 0.15) is 32.1 Å². The molecule has 1 atom stereocenters. The van der Waals surface area contributed by atoms with Crippen molar-refractivity contribution in [1.29, 1.82) is 0 Å². The van der Waals surface area contributed by atoms with E-state index < -0.39 is 0 Å². The Morgan fingerprint density at radius 3 is 3.00 bits per heavy atom. The van der Waals surface area contributed by atoms with E-state index in [4.69, 9.17) is 10.5 Å². The van der Waals surface area contributed by atoms with Gasteiger partial charge >= 0.3 is 0 Å². The molecule has 0 aliphatic carbocycles. The number of nitrogen functional groups attached to an aromatic ring is 1. The Bertz CT molecular complexity index is 398. The predicted octanol–water partition coefficient (Wildman–Crippen LogP) is 2.27. The topological polar surface area (TPSA) is 58.7 Å². The van der Waals surface area contributed by atoms with Gasteiger partial charge in [-0.2, -0.15) is 0 Å². The third-order valence-electron chi connectivity index (χ3n) is 3.93. The Morgan fingerprint density at radius 2 is 2.20 bits per heavy atom. The van der Waals surface area contributed by atoms with Crippen LogP contribution in [-0.2, 0) is 0 Å². The third kappa shape index (κ3) is 4.69. The van der Waals surface area contributed by atoms with Crippen molar-refractivity contribution in [2.24, 2.45) is 0 Å². The summed E-state index contributed by atoms with van der Waals surface area (Å²) in [5, 5.41) is 9.46. The molecule has 0 saturated carbocycles. The fraction of sp³-hybridized carbons (Fsp3) is 0.625. The fourth-order valence-electron chi connectivity index (χ4n) is 2.80. The molecule has 4 heteroatoms. The number of anilines is 1. The maximum atomic E-state index is 9.46. The molecule has 1 heterocycles. The van der Waals surface area contributed by atoms with E-state index in [0.717, 1.165) is 37.4 Å². The van der Waals surface area contributed by atoms with E-state index in [2.05, 4.69) is 4.90 Å². The predicted molar refractivity (Wildman–Crippen MR) is 81.9 cm³/mol. The molecule has 1 aromatic carbocycles. The minimum absolute atomic E-state index is 0.274. The first-order chi connectivity index (χ1) is 9.79. The molecule has 4 nitrogen and oxygen atoms in total. The van der Waals surface area contributed by atoms with Gasteiger partial charge in [-0.15, -0.1) is 0 Å². The lowest BCUT2D eigenvalue weighted by molar-refractivity contribution is 0.118. The van der Waals surface area contributed by atoms with E-state index >= 15 is 0 Å². The average Bonchev–Trinajstić information content (AvgIpc) is 2.68. The normalized spacial score (nSPS) is 20.6. The molecule has 20 heavy (non-hydrogen) atoms. The largest absolute Gasteiger partial charge is 0.493 e. The van der Waals surface area contributed by atoms with Crippen molar-refractivity contribution < 1.29 is 9.84 Å². The monoisotopic (exact) mass is 278 g/mol. The second-order valence-corrected chi connectivity index (χ2v) is 5.50. The molecule has 1 aromatic rings. The lowest BCUT2D eigenvalue weighted by atomic mass is 10.1. The standard InChI is InChI=1S/C16H26N2O2/c17-14-6-4-8-16(12-14)20-11-5-10-18-9-3-1-2-7-15(18)13-19/h4,6,8,12,15,19H,1-3,5,7,9-11,13,17H2. The second kappa shape index (κ2) is 8.12. The Kier molecular flexibility index (Phi) is 6.15. The first-order valence-electron chi connectivity index (χ1n) is 7.63. The number of aliphatic hydroxyl groups is 1. The van der Waals surface area contributed by atoms with Crippen molar-refractivity contribution in [2.45, 2.75) is 38.1 Å². The van der Waals surface area contributed by atoms with Crippen LogP contribution in [0.15, 0.2) is 24.3 Å². The van der Waals surface area contributed by atoms with E-state index in [1.165, 1.54) is 19.3 Å². The van der Waals surface area contributed by atoms with Crippen molar-refractivity contribution in [1.82, 2.24) is 4.90 Å². The molecule has 1 fully saturated rings. The van der Waals surface area contributed by atoms with E-state index in [1.54, 1.807) is 0 Å². The zero-order valence-corrected chi connectivity index (χ0v) is 12.1. The molecule has 1 aliphatic rings. The van der Waals surface area contributed by atoms with Gasteiger partial charge in [-0.3, -0.25) is 4.90 Å². The second-order valence-electron chi connectivity index (χ2n) is 5.50. The number of benzene rings is 1. The van der Waals surface area contributed by atoms with Gasteiger partial charge in [-0.25, -0.2) is 0 Å². The summed E-state index contributed by atoms with van der Waals surface area (Å²) in [5.41, 5.74) is 6.45. The maximum absolute atomic E-state index is 9.46. The van der Waals surface area contributed by atoms with Crippen molar-refractivity contribution in [3.63, 3.8) is 0 Å². The highest BCUT2D eigenvalue weighted by molar-refractivity contribution is 5.43. The molecule has 2 rings (SSSR count). The molecule has 3 N–H and O–H groups in total. The van der Waals surface area contributed by atoms with Crippen molar-refractivity contribution in [3.05, 3.63) is 24.3 Å². The van der Waals surface area contributed by atoms with Crippen LogP contribution in [0.3, 0.4) is 0 Å². The number of ether oxygens (including phenoxy) is 1. The summed E-state index contributed by atoms with van der Waals surface area (Å²) < 4.78 is 5.71. The zero-order chi connectivity index (χ0) is 14.2. The van der Waals surface area contributed by atoms with Crippen LogP contribution < -0.4 is 10.5 Å². The number of aliphatic hydroxyl groups excluding tert-OH is 1. The molecule has 0 spiro atoms. The molecule has 1 aliphatic heterocycles. The minimum Gasteiger partial charge on any atom is -0.493 e. The molecule has 0 radical (unpaired) electrons. The minimum atomic E-state index is 0.274. The van der Waals surface area contributed by atoms with Crippen LogP contribution in [-0.4, -0.2) is 42.4 Å². The average molecular weight is 278 g/mol. The summed E-state index contributed by atoms with van der Waals surface area (Å²) in [5.74, 6) is 0.833. The van der Waals surface area contributed by atoms with E-state index in [-0.39, 0.29) is 6.61 Å². The Balaban J connectivity index is 1.71. The van der Waals surface area contributed by atoms with E-state index in [1.807, 2.05) is 24.3 Å². The Labute approximate surface area is 121 Å². The van der Waals surface area contributed by atoms with Gasteiger partial charge in [-0.1, -0.05) is 18.9 Å². The first-order valence-corrected chi connectivity index (χ1v) is 7.63. The molecular weight excluding hydrogens is 252 g/mol. The summed E-state index contributed by atoms with van der Waals surface area (Å²) in [6.07, 6.45) is 5.86. The Morgan fingerprint density at radius 1 is 1.30 bits per heavy atom. The van der Waals surface area contributed by atoms with Gasteiger partial charge in [0.2, 0.25) is 0 Å². The molecule has 0 aromatic heterocycles. The van der Waals surface area contributed by atoms with Crippen molar-refractivity contribution in [2.75, 3.05) is 32.0 Å². The summed E-state index contributed by atoms with van der Waals surface area (Å²) in [7, 11) is 0. The molecule has 1 unspecified atom stereocenters. The van der Waals surface area contributed by atoms with Gasteiger partial charge in [0.15, 0.2) is 0 Å². The lowest BCUT2D eigenvalue weighted by Gasteiger charge is -2.28. The van der Waals surface area contributed by atoms with Gasteiger partial charge in [0.05, 0.1) is 13.2 Å². The van der Waals surface area contributed by atoms with Crippen molar-refractivity contribution >= 4 is 5.69 Å². The summed E-state index contributed by atoms with van der Waals surface area (Å²) in [4.78, 5) is 2.41. The fourth-order valence-corrected chi connectivity index (χ4v) is 2.80. The molecule has 112 valence electrons. The van der Waals surface area contributed by atoms with E-state index in [9.17, 15) is 5.11 Å². The van der Waals surface area contributed by atoms with Crippen LogP contribution in [0, 0.1) is 0 Å². The van der Waals surface area contributed by atoms with Gasteiger partial charge in [0.1, 0.15) is 5.75 Å². The highest BCUT2D eigenvalue weighted by Crippen LogP contribution is 2.17. The zero-order valence-electron chi connectivity index (χ0n) is 12.1. The number of nitrogens with two attached hydrogens (primary N) is 1. The van der Waals surface area contributed by atoms with Gasteiger partial charge in [0, 0.05) is 24.3 Å². The van der Waals surface area contributed by atoms with E-state index in [0.29, 0.717) is 12.6 Å². The van der Waals surface area contributed by atoms with Crippen molar-refractivity contribution in [3.8, 4) is 5.75 Å². The number of rotatable bonds is 6. The molecule has 1 saturated heterocycles. The van der Waals surface area contributed by atoms with Gasteiger partial charge in [-0.05, 0) is 37.9 Å². The smallest absolute Gasteiger partial charge is 0.121 e. The number of nitrogens with zero attached hydrogens (tertiary/aromatic N) is 1. The summed E-state index contributed by atoms with van der Waals surface area (Å²) in [6.45, 7) is 3.06. The molecular formula is C16H26N2O2. The quantitative estimate of drug-likeness (QED) is 0.619. The van der Waals surface area contributed by atoms with Crippen LogP contribution in [0.5, 0.6) is 5.75 Å². The van der Waals surface area contributed by atoms with Crippen LogP contribution >= 0.6 is 0 Å². The number of likely N-dealkylation sites (tertiary alicyclic amines) is 1. The van der Waals surface area contributed by atoms with Gasteiger partial charge < -0.3 is 15.6 Å². The third-order valence-corrected chi connectivity index (χ3v) is 3.93. The first kappa shape index (κ1) is 15.1. The van der Waals surface area contributed by atoms with Crippen LogP contribution in [0.2, 0.25) is 0 Å².